The molecule has 0 bridgehead atoms. The summed E-state index contributed by atoms with van der Waals surface area (Å²) in [4.78, 5) is 4.46. The summed E-state index contributed by atoms with van der Waals surface area (Å²) in [6.45, 7) is 0. The Morgan fingerprint density at radius 1 is 1.44 bits per heavy atom. The minimum absolute atomic E-state index is 0. The van der Waals surface area contributed by atoms with Gasteiger partial charge in [-0.3, -0.25) is 0 Å². The van der Waals surface area contributed by atoms with E-state index in [0.717, 1.165) is 4.90 Å². The number of halogens is 1. The minimum atomic E-state index is 0. The van der Waals surface area contributed by atoms with Crippen LogP contribution in [0.5, 0.6) is 0 Å². The maximum absolute atomic E-state index is 5.45. The Bertz CT molecular complexity index is 156. The molecule has 1 aromatic rings. The summed E-state index contributed by atoms with van der Waals surface area (Å²) in [6.07, 6.45) is 1.55. The van der Waals surface area contributed by atoms with E-state index in [-0.39, 0.29) is 51.4 Å². The molecule has 0 aromatic carbocycles. The molecule has 4 heteroatoms. The predicted octanol–water partition coefficient (Wildman–Crippen LogP) is -1.36. The molecule has 0 amide bonds. The van der Waals surface area contributed by atoms with Crippen LogP contribution in [0.2, 0.25) is 5.15 Å². The van der Waals surface area contributed by atoms with Crippen LogP contribution in [0, 0.1) is 0 Å². The van der Waals surface area contributed by atoms with Crippen LogP contribution in [0.15, 0.2) is 23.2 Å². The van der Waals surface area contributed by atoms with Crippen molar-refractivity contribution in [2.75, 3.05) is 0 Å². The van der Waals surface area contributed by atoms with E-state index in [1.807, 2.05) is 0 Å². The zero-order valence-corrected chi connectivity index (χ0v) is 9.66. The van der Waals surface area contributed by atoms with Crippen molar-refractivity contribution in [1.29, 1.82) is 0 Å². The molecule has 9 heavy (non-hydrogen) atoms. The molecule has 0 spiro atoms. The Balaban J connectivity index is 0.000000640. The number of hydrogen-bond donors (Lipinski definition) is 0. The summed E-state index contributed by atoms with van der Waals surface area (Å²) < 4.78 is 0. The van der Waals surface area contributed by atoms with Gasteiger partial charge >= 0.3 is 51.4 Å². The molecule has 0 radical (unpaired) electrons. The van der Waals surface area contributed by atoms with Crippen LogP contribution in [-0.4, -0.2) is 4.98 Å². The van der Waals surface area contributed by atoms with Crippen LogP contribution in [0.25, 0.3) is 0 Å². The largest absolute Gasteiger partial charge is 1.00 e. The summed E-state index contributed by atoms with van der Waals surface area (Å²) in [6, 6.07) is 3.41. The molecule has 0 saturated carbocycles. The van der Waals surface area contributed by atoms with Crippen LogP contribution in [0.4, 0.5) is 0 Å². The Hall–Kier alpha value is 1.30. The third-order valence-electron chi connectivity index (χ3n) is 0.700. The standard InChI is InChI=1S/C5H4ClNS.K/c6-5-2-1-4(8)3-7-5;/h1-3,8H;/q;+1/p-1. The Morgan fingerprint density at radius 2 is 2.11 bits per heavy atom. The summed E-state index contributed by atoms with van der Waals surface area (Å²) in [5.41, 5.74) is 0. The molecular weight excluding hydrogens is 181 g/mol. The molecule has 0 aliphatic carbocycles. The second-order valence-corrected chi connectivity index (χ2v) is 2.18. The molecule has 1 aromatic heterocycles. The maximum Gasteiger partial charge on any atom is 1.00 e. The van der Waals surface area contributed by atoms with E-state index in [1.165, 1.54) is 0 Å². The van der Waals surface area contributed by atoms with E-state index in [0.29, 0.717) is 5.15 Å². The van der Waals surface area contributed by atoms with Gasteiger partial charge in [0, 0.05) is 6.20 Å². The first-order valence-corrected chi connectivity index (χ1v) is 2.86. The van der Waals surface area contributed by atoms with Gasteiger partial charge in [0.15, 0.2) is 0 Å². The van der Waals surface area contributed by atoms with E-state index >= 15 is 0 Å². The van der Waals surface area contributed by atoms with Crippen LogP contribution in [0.3, 0.4) is 0 Å². The third-order valence-corrected chi connectivity index (χ3v) is 1.17. The van der Waals surface area contributed by atoms with Crippen molar-refractivity contribution in [2.24, 2.45) is 0 Å². The molecule has 1 rings (SSSR count). The van der Waals surface area contributed by atoms with Crippen molar-refractivity contribution in [2.45, 2.75) is 4.90 Å². The first kappa shape index (κ1) is 10.3. The van der Waals surface area contributed by atoms with Gasteiger partial charge in [-0.05, 0) is 6.07 Å². The van der Waals surface area contributed by atoms with Crippen LogP contribution < -0.4 is 51.4 Å². The summed E-state index contributed by atoms with van der Waals surface area (Å²) in [5.74, 6) is 0. The van der Waals surface area contributed by atoms with Gasteiger partial charge in [0.25, 0.3) is 0 Å². The quantitative estimate of drug-likeness (QED) is 0.280. The summed E-state index contributed by atoms with van der Waals surface area (Å²) in [7, 11) is 0. The third kappa shape index (κ3) is 3.88. The van der Waals surface area contributed by atoms with Gasteiger partial charge in [0.05, 0.1) is 0 Å². The van der Waals surface area contributed by atoms with Crippen molar-refractivity contribution in [3.8, 4) is 0 Å². The second kappa shape index (κ2) is 5.01. The number of pyridine rings is 1. The number of nitrogens with zero attached hydrogens (tertiary/aromatic N) is 1. The van der Waals surface area contributed by atoms with Gasteiger partial charge in [0.1, 0.15) is 5.15 Å². The molecule has 0 saturated heterocycles. The SMILES string of the molecule is [K+].[S-]c1ccc(Cl)nc1. The van der Waals surface area contributed by atoms with Gasteiger partial charge in [-0.1, -0.05) is 17.7 Å². The van der Waals surface area contributed by atoms with E-state index < -0.39 is 0 Å². The van der Waals surface area contributed by atoms with Crippen LogP contribution >= 0.6 is 11.6 Å². The Labute approximate surface area is 107 Å². The smallest absolute Gasteiger partial charge is 0.778 e. The van der Waals surface area contributed by atoms with E-state index in [1.54, 1.807) is 18.3 Å². The molecule has 1 heterocycles. The Morgan fingerprint density at radius 3 is 2.44 bits per heavy atom. The first-order chi connectivity index (χ1) is 3.79. The van der Waals surface area contributed by atoms with Gasteiger partial charge in [-0.15, -0.1) is 0 Å². The van der Waals surface area contributed by atoms with Crippen molar-refractivity contribution >= 4 is 24.2 Å². The zero-order chi connectivity index (χ0) is 5.98. The van der Waals surface area contributed by atoms with Crippen molar-refractivity contribution in [3.63, 3.8) is 0 Å². The summed E-state index contributed by atoms with van der Waals surface area (Å²) >= 11 is 10.2. The van der Waals surface area contributed by atoms with Crippen molar-refractivity contribution < 1.29 is 51.4 Å². The molecule has 0 N–H and O–H groups in total. The van der Waals surface area contributed by atoms with Gasteiger partial charge < -0.3 is 12.6 Å². The molecule has 0 fully saturated rings. The molecule has 0 aliphatic rings. The van der Waals surface area contributed by atoms with E-state index in [4.69, 9.17) is 24.2 Å². The molecule has 0 unspecified atom stereocenters. The van der Waals surface area contributed by atoms with Gasteiger partial charge in [0.2, 0.25) is 0 Å². The van der Waals surface area contributed by atoms with E-state index in [2.05, 4.69) is 4.98 Å². The number of aromatic nitrogens is 1. The monoisotopic (exact) mass is 183 g/mol. The van der Waals surface area contributed by atoms with Crippen molar-refractivity contribution in [3.05, 3.63) is 23.5 Å². The zero-order valence-electron chi connectivity index (χ0n) is 4.97. The van der Waals surface area contributed by atoms with Crippen LogP contribution in [-0.2, 0) is 12.6 Å². The van der Waals surface area contributed by atoms with E-state index in [9.17, 15) is 0 Å². The molecule has 42 valence electrons. The van der Waals surface area contributed by atoms with Gasteiger partial charge in [-0.25, -0.2) is 4.98 Å². The Kier molecular flexibility index (Phi) is 5.74. The molecule has 1 nitrogen and oxygen atoms in total. The number of rotatable bonds is 0. The normalized spacial score (nSPS) is 8.11. The fourth-order valence-corrected chi connectivity index (χ4v) is 0.595. The summed E-state index contributed by atoms with van der Waals surface area (Å²) in [5, 5.41) is 0.485. The first-order valence-electron chi connectivity index (χ1n) is 2.07. The average Bonchev–Trinajstić information content (AvgIpc) is 1.77. The molecule has 0 atom stereocenters. The average molecular weight is 184 g/mol. The maximum atomic E-state index is 5.45. The number of hydrogen-bond acceptors (Lipinski definition) is 2. The van der Waals surface area contributed by atoms with Gasteiger partial charge in [-0.2, -0.15) is 4.90 Å². The molecular formula is C5H3ClKNS. The fourth-order valence-electron chi connectivity index (χ4n) is 0.362. The fraction of sp³-hybridized carbons (Fsp3) is 0. The minimum Gasteiger partial charge on any atom is -0.778 e. The predicted molar refractivity (Wildman–Crippen MR) is 34.9 cm³/mol. The van der Waals surface area contributed by atoms with Crippen LogP contribution in [0.1, 0.15) is 0 Å². The molecule has 0 aliphatic heterocycles. The topological polar surface area (TPSA) is 12.9 Å². The van der Waals surface area contributed by atoms with Crippen molar-refractivity contribution in [1.82, 2.24) is 4.98 Å². The second-order valence-electron chi connectivity index (χ2n) is 1.32.